The fraction of sp³-hybridized carbons (Fsp3) is 0.0435. The van der Waals surface area contributed by atoms with E-state index in [2.05, 4.69) is 15.6 Å². The molecule has 0 radical (unpaired) electrons. The number of hydrogen-bond donors (Lipinski definition) is 2. The fourth-order valence-corrected chi connectivity index (χ4v) is 4.09. The van der Waals surface area contributed by atoms with Gasteiger partial charge in [0.1, 0.15) is 10.6 Å². The van der Waals surface area contributed by atoms with Crippen molar-refractivity contribution < 1.29 is 14.5 Å². The van der Waals surface area contributed by atoms with Crippen molar-refractivity contribution in [3.8, 4) is 17.0 Å². The first kappa shape index (κ1) is 22.3. The van der Waals surface area contributed by atoms with Crippen LogP contribution < -0.4 is 15.4 Å². The minimum absolute atomic E-state index is 0.0485. The number of para-hydroxylation sites is 1. The molecule has 0 atom stereocenters. The highest BCUT2D eigenvalue weighted by atomic mass is 35.5. The Kier molecular flexibility index (Phi) is 6.53. The maximum Gasteiger partial charge on any atom is 0.269 e. The molecule has 3 aromatic carbocycles. The highest BCUT2D eigenvalue weighted by Crippen LogP contribution is 2.35. The zero-order chi connectivity index (χ0) is 23.4. The van der Waals surface area contributed by atoms with Gasteiger partial charge < -0.3 is 15.4 Å². The number of benzene rings is 3. The third kappa shape index (κ3) is 5.11. The van der Waals surface area contributed by atoms with Crippen LogP contribution in [0.2, 0.25) is 5.02 Å². The standard InChI is InChI=1S/C23H17ClN4O4S/c1-32-17-12-8-15(9-13-17)25-23-27-20(14-6-10-16(11-7-14)28(30)31)21(33-23)22(29)26-19-5-3-2-4-18(19)24/h2-13H,1H3,(H,25,27)(H,26,29). The fourth-order valence-electron chi connectivity index (χ4n) is 3.00. The number of anilines is 3. The van der Waals surface area contributed by atoms with Gasteiger partial charge in [-0.2, -0.15) is 0 Å². The molecular weight excluding hydrogens is 464 g/mol. The summed E-state index contributed by atoms with van der Waals surface area (Å²) in [5.74, 6) is 0.322. The molecule has 0 spiro atoms. The first-order valence-electron chi connectivity index (χ1n) is 9.67. The van der Waals surface area contributed by atoms with Crippen molar-refractivity contribution in [3.05, 3.63) is 92.8 Å². The number of nitro benzene ring substituents is 1. The van der Waals surface area contributed by atoms with Crippen molar-refractivity contribution >= 4 is 51.0 Å². The highest BCUT2D eigenvalue weighted by molar-refractivity contribution is 7.18. The molecule has 8 nitrogen and oxygen atoms in total. The number of rotatable bonds is 7. The number of hydrogen-bond acceptors (Lipinski definition) is 7. The van der Waals surface area contributed by atoms with Gasteiger partial charge >= 0.3 is 0 Å². The number of thiazole rings is 1. The van der Waals surface area contributed by atoms with Gasteiger partial charge in [0.25, 0.3) is 11.6 Å². The summed E-state index contributed by atoms with van der Waals surface area (Å²) in [4.78, 5) is 28.6. The van der Waals surface area contributed by atoms with Crippen LogP contribution in [0.4, 0.5) is 22.2 Å². The van der Waals surface area contributed by atoms with Crippen LogP contribution in [0.1, 0.15) is 9.67 Å². The highest BCUT2D eigenvalue weighted by Gasteiger charge is 2.21. The predicted octanol–water partition coefficient (Wildman–Crippen LogP) is 6.38. The molecular formula is C23H17ClN4O4S. The second-order valence-corrected chi connectivity index (χ2v) is 8.19. The second-order valence-electron chi connectivity index (χ2n) is 6.79. The predicted molar refractivity (Wildman–Crippen MR) is 130 cm³/mol. The SMILES string of the molecule is COc1ccc(Nc2nc(-c3ccc([N+](=O)[O-])cc3)c(C(=O)Nc3ccccc3Cl)s2)cc1. The molecule has 1 aromatic heterocycles. The summed E-state index contributed by atoms with van der Waals surface area (Å²) < 4.78 is 5.17. The molecule has 33 heavy (non-hydrogen) atoms. The van der Waals surface area contributed by atoms with Gasteiger partial charge in [0, 0.05) is 23.4 Å². The summed E-state index contributed by atoms with van der Waals surface area (Å²) in [5, 5.41) is 17.9. The maximum atomic E-state index is 13.1. The summed E-state index contributed by atoms with van der Waals surface area (Å²) in [6, 6.07) is 20.1. The summed E-state index contributed by atoms with van der Waals surface area (Å²) in [7, 11) is 1.59. The molecule has 4 rings (SSSR count). The van der Waals surface area contributed by atoms with Crippen molar-refractivity contribution in [3.63, 3.8) is 0 Å². The Morgan fingerprint density at radius 3 is 2.39 bits per heavy atom. The van der Waals surface area contributed by atoms with E-state index in [1.807, 2.05) is 12.1 Å². The van der Waals surface area contributed by atoms with Crippen LogP contribution in [-0.2, 0) is 0 Å². The van der Waals surface area contributed by atoms with Crippen molar-refractivity contribution in [1.82, 2.24) is 4.98 Å². The van der Waals surface area contributed by atoms with Crippen molar-refractivity contribution in [2.45, 2.75) is 0 Å². The largest absolute Gasteiger partial charge is 0.497 e. The van der Waals surface area contributed by atoms with Crippen molar-refractivity contribution in [2.24, 2.45) is 0 Å². The van der Waals surface area contributed by atoms with E-state index < -0.39 is 10.8 Å². The first-order chi connectivity index (χ1) is 15.9. The lowest BCUT2D eigenvalue weighted by atomic mass is 10.1. The van der Waals surface area contributed by atoms with Crippen LogP contribution in [0.25, 0.3) is 11.3 Å². The monoisotopic (exact) mass is 480 g/mol. The molecule has 0 aliphatic heterocycles. The molecule has 166 valence electrons. The molecule has 0 saturated carbocycles. The van der Waals surface area contributed by atoms with Crippen LogP contribution in [-0.4, -0.2) is 22.9 Å². The van der Waals surface area contributed by atoms with Gasteiger partial charge in [0.15, 0.2) is 5.13 Å². The van der Waals surface area contributed by atoms with Gasteiger partial charge in [-0.3, -0.25) is 14.9 Å². The number of nitro groups is 1. The Labute approximate surface area is 198 Å². The number of carbonyl (C=O) groups is 1. The zero-order valence-corrected chi connectivity index (χ0v) is 18.8. The van der Waals surface area contributed by atoms with E-state index in [0.29, 0.717) is 37.7 Å². The lowest BCUT2D eigenvalue weighted by molar-refractivity contribution is -0.384. The molecule has 1 heterocycles. The molecule has 4 aromatic rings. The number of nitrogens with one attached hydrogen (secondary N) is 2. The Morgan fingerprint density at radius 2 is 1.76 bits per heavy atom. The van der Waals surface area contributed by atoms with Crippen molar-refractivity contribution in [1.29, 1.82) is 0 Å². The Morgan fingerprint density at radius 1 is 1.06 bits per heavy atom. The van der Waals surface area contributed by atoms with E-state index in [-0.39, 0.29) is 5.69 Å². The van der Waals surface area contributed by atoms with Gasteiger partial charge in [0.2, 0.25) is 0 Å². The summed E-state index contributed by atoms with van der Waals surface area (Å²) in [6.07, 6.45) is 0. The summed E-state index contributed by atoms with van der Waals surface area (Å²) >= 11 is 7.34. The molecule has 0 aliphatic carbocycles. The molecule has 0 bridgehead atoms. The number of halogens is 1. The lowest BCUT2D eigenvalue weighted by Gasteiger charge is -2.07. The Bertz CT molecular complexity index is 1310. The number of non-ortho nitro benzene ring substituents is 1. The molecule has 2 N–H and O–H groups in total. The van der Waals surface area contributed by atoms with Crippen LogP contribution in [0.3, 0.4) is 0 Å². The van der Waals surface area contributed by atoms with Crippen LogP contribution >= 0.6 is 22.9 Å². The van der Waals surface area contributed by atoms with E-state index in [1.165, 1.54) is 12.1 Å². The van der Waals surface area contributed by atoms with E-state index >= 15 is 0 Å². The number of aromatic nitrogens is 1. The Hall–Kier alpha value is -3.95. The summed E-state index contributed by atoms with van der Waals surface area (Å²) in [6.45, 7) is 0. The van der Waals surface area contributed by atoms with E-state index in [4.69, 9.17) is 16.3 Å². The maximum absolute atomic E-state index is 13.1. The van der Waals surface area contributed by atoms with E-state index in [9.17, 15) is 14.9 Å². The van der Waals surface area contributed by atoms with E-state index in [0.717, 1.165) is 17.0 Å². The lowest BCUT2D eigenvalue weighted by Crippen LogP contribution is -2.11. The van der Waals surface area contributed by atoms with Gasteiger partial charge in [-0.1, -0.05) is 35.1 Å². The summed E-state index contributed by atoms with van der Waals surface area (Å²) in [5.41, 5.74) is 2.15. The minimum atomic E-state index is -0.480. The number of amides is 1. The Balaban J connectivity index is 1.69. The second kappa shape index (κ2) is 9.68. The molecule has 0 fully saturated rings. The van der Waals surface area contributed by atoms with Gasteiger partial charge in [0.05, 0.1) is 28.4 Å². The molecule has 0 unspecified atom stereocenters. The first-order valence-corrected chi connectivity index (χ1v) is 10.9. The zero-order valence-electron chi connectivity index (χ0n) is 17.2. The number of ether oxygens (including phenoxy) is 1. The number of carbonyl (C=O) groups excluding carboxylic acids is 1. The van der Waals surface area contributed by atoms with E-state index in [1.54, 1.807) is 55.6 Å². The number of methoxy groups -OCH3 is 1. The van der Waals surface area contributed by atoms with Gasteiger partial charge in [-0.05, 0) is 48.5 Å². The van der Waals surface area contributed by atoms with Crippen LogP contribution in [0.5, 0.6) is 5.75 Å². The van der Waals surface area contributed by atoms with Crippen LogP contribution in [0.15, 0.2) is 72.8 Å². The van der Waals surface area contributed by atoms with Crippen molar-refractivity contribution in [2.75, 3.05) is 17.7 Å². The van der Waals surface area contributed by atoms with Gasteiger partial charge in [-0.25, -0.2) is 4.98 Å². The molecule has 0 saturated heterocycles. The smallest absolute Gasteiger partial charge is 0.269 e. The molecule has 10 heteroatoms. The molecule has 0 aliphatic rings. The van der Waals surface area contributed by atoms with Gasteiger partial charge in [-0.15, -0.1) is 0 Å². The normalized spacial score (nSPS) is 10.5. The third-order valence-corrected chi connectivity index (χ3v) is 5.95. The average Bonchev–Trinajstić information content (AvgIpc) is 3.25. The number of nitrogens with zero attached hydrogens (tertiary/aromatic N) is 2. The minimum Gasteiger partial charge on any atom is -0.497 e. The average molecular weight is 481 g/mol. The quantitative estimate of drug-likeness (QED) is 0.235. The topological polar surface area (TPSA) is 106 Å². The molecule has 1 amide bonds. The van der Waals surface area contributed by atoms with Crippen LogP contribution in [0, 0.1) is 10.1 Å². The third-order valence-electron chi connectivity index (χ3n) is 4.65.